The summed E-state index contributed by atoms with van der Waals surface area (Å²) in [7, 11) is 0. The average Bonchev–Trinajstić information content (AvgIpc) is 3.13. The van der Waals surface area contributed by atoms with E-state index in [0.29, 0.717) is 18.7 Å². The molecule has 2 aliphatic rings. The van der Waals surface area contributed by atoms with Gasteiger partial charge >= 0.3 is 0 Å². The number of aromatic hydroxyl groups is 1. The van der Waals surface area contributed by atoms with Crippen LogP contribution in [-0.4, -0.2) is 46.6 Å². The molecule has 6 heteroatoms. The Labute approximate surface area is 164 Å². The zero-order chi connectivity index (χ0) is 19.7. The van der Waals surface area contributed by atoms with Gasteiger partial charge in [-0.3, -0.25) is 4.79 Å². The highest BCUT2D eigenvalue weighted by Gasteiger charge is 2.27. The van der Waals surface area contributed by atoms with Crippen LogP contribution in [0.2, 0.25) is 0 Å². The van der Waals surface area contributed by atoms with Gasteiger partial charge in [-0.05, 0) is 36.4 Å². The number of imidazole rings is 1. The lowest BCUT2D eigenvalue weighted by Crippen LogP contribution is -2.47. The number of phenolic OH excluding ortho intramolecular Hbond substituents is 1. The largest absolute Gasteiger partial charge is 0.508 e. The molecular formula is C22H24N4O2. The van der Waals surface area contributed by atoms with Gasteiger partial charge in [0.2, 0.25) is 5.95 Å². The number of phenols is 1. The van der Waals surface area contributed by atoms with Crippen molar-refractivity contribution < 1.29 is 9.90 Å². The normalized spacial score (nSPS) is 16.1. The maximum Gasteiger partial charge on any atom is 0.206 e. The Kier molecular flexibility index (Phi) is 4.77. The smallest absolute Gasteiger partial charge is 0.206 e. The fourth-order valence-electron chi connectivity index (χ4n) is 4.03. The molecule has 0 radical (unpaired) electrons. The number of carbonyl (C=O) groups is 1. The standard InChI is InChI=1S/C20H20N4O2.C2H4/c25-15-6-4-14(5-7-15)22-10-12-23(13-11-22)20-21-17-3-1-2-16-18(26)8-9-24(20)19(16)17;1-2/h1-7,25H,8-13H2;1-2H2. The molecule has 3 aromatic rings. The van der Waals surface area contributed by atoms with Crippen molar-refractivity contribution >= 4 is 28.5 Å². The van der Waals surface area contributed by atoms with Gasteiger partial charge in [-0.15, -0.1) is 13.2 Å². The molecule has 0 spiro atoms. The fraction of sp³-hybridized carbons (Fsp3) is 0.273. The van der Waals surface area contributed by atoms with Crippen molar-refractivity contribution in [2.24, 2.45) is 0 Å². The predicted molar refractivity (Wildman–Crippen MR) is 112 cm³/mol. The van der Waals surface area contributed by atoms with Crippen LogP contribution < -0.4 is 9.80 Å². The van der Waals surface area contributed by atoms with E-state index in [2.05, 4.69) is 27.5 Å². The first-order chi connectivity index (χ1) is 13.7. The van der Waals surface area contributed by atoms with E-state index in [9.17, 15) is 9.90 Å². The molecule has 144 valence electrons. The van der Waals surface area contributed by atoms with Crippen LogP contribution in [0.5, 0.6) is 5.75 Å². The number of benzene rings is 2. The average molecular weight is 376 g/mol. The summed E-state index contributed by atoms with van der Waals surface area (Å²) < 4.78 is 2.21. The quantitative estimate of drug-likeness (QED) is 0.694. The summed E-state index contributed by atoms with van der Waals surface area (Å²) in [6, 6.07) is 13.2. The molecule has 2 aliphatic heterocycles. The molecule has 3 heterocycles. The lowest BCUT2D eigenvalue weighted by molar-refractivity contribution is 0.0973. The first-order valence-electron chi connectivity index (χ1n) is 9.52. The third-order valence-electron chi connectivity index (χ3n) is 5.39. The van der Waals surface area contributed by atoms with Crippen LogP contribution in [0, 0.1) is 0 Å². The minimum atomic E-state index is 0.215. The van der Waals surface area contributed by atoms with E-state index in [1.807, 2.05) is 30.3 Å². The minimum absolute atomic E-state index is 0.215. The van der Waals surface area contributed by atoms with Gasteiger partial charge in [0.15, 0.2) is 5.78 Å². The van der Waals surface area contributed by atoms with Crippen LogP contribution in [0.3, 0.4) is 0 Å². The summed E-state index contributed by atoms with van der Waals surface area (Å²) in [6.07, 6.45) is 0.545. The van der Waals surface area contributed by atoms with Gasteiger partial charge in [0.05, 0.1) is 11.0 Å². The number of aryl methyl sites for hydroxylation is 1. The number of hydrogen-bond donors (Lipinski definition) is 1. The maximum absolute atomic E-state index is 12.2. The van der Waals surface area contributed by atoms with E-state index >= 15 is 0 Å². The number of aromatic nitrogens is 2. The van der Waals surface area contributed by atoms with E-state index in [1.54, 1.807) is 12.1 Å². The number of Topliss-reactive ketones (excluding diaryl/α,β-unsaturated/α-hetero) is 1. The Bertz CT molecular complexity index is 1000. The van der Waals surface area contributed by atoms with Crippen LogP contribution in [-0.2, 0) is 6.54 Å². The lowest BCUT2D eigenvalue weighted by Gasteiger charge is -2.37. The van der Waals surface area contributed by atoms with Crippen molar-refractivity contribution in [1.29, 1.82) is 0 Å². The molecule has 1 aromatic heterocycles. The van der Waals surface area contributed by atoms with Crippen LogP contribution in [0.1, 0.15) is 16.8 Å². The molecule has 0 saturated carbocycles. The highest BCUT2D eigenvalue weighted by Crippen LogP contribution is 2.31. The van der Waals surface area contributed by atoms with E-state index in [0.717, 1.165) is 54.4 Å². The monoisotopic (exact) mass is 376 g/mol. The van der Waals surface area contributed by atoms with Crippen LogP contribution in [0.25, 0.3) is 11.0 Å². The third-order valence-corrected chi connectivity index (χ3v) is 5.39. The molecule has 0 aliphatic carbocycles. The van der Waals surface area contributed by atoms with Crippen molar-refractivity contribution in [1.82, 2.24) is 9.55 Å². The molecule has 1 N–H and O–H groups in total. The van der Waals surface area contributed by atoms with Crippen molar-refractivity contribution in [3.05, 3.63) is 61.2 Å². The zero-order valence-electron chi connectivity index (χ0n) is 15.8. The molecule has 1 saturated heterocycles. The molecule has 0 unspecified atom stereocenters. The first kappa shape index (κ1) is 18.1. The predicted octanol–water partition coefficient (Wildman–Crippen LogP) is 3.46. The Morgan fingerprint density at radius 2 is 1.57 bits per heavy atom. The van der Waals surface area contributed by atoms with Crippen LogP contribution in [0.4, 0.5) is 11.6 Å². The number of anilines is 2. The maximum atomic E-state index is 12.2. The van der Waals surface area contributed by atoms with Crippen LogP contribution in [0.15, 0.2) is 55.6 Å². The second-order valence-electron chi connectivity index (χ2n) is 6.90. The Balaban J connectivity index is 0.000000932. The lowest BCUT2D eigenvalue weighted by atomic mass is 10.0. The highest BCUT2D eigenvalue weighted by atomic mass is 16.3. The van der Waals surface area contributed by atoms with Crippen molar-refractivity contribution in [3.8, 4) is 5.75 Å². The van der Waals surface area contributed by atoms with Gasteiger partial charge in [-0.25, -0.2) is 4.98 Å². The molecule has 0 bridgehead atoms. The summed E-state index contributed by atoms with van der Waals surface area (Å²) >= 11 is 0. The second kappa shape index (κ2) is 7.38. The number of nitrogens with zero attached hydrogens (tertiary/aromatic N) is 4. The number of rotatable bonds is 2. The molecule has 1 fully saturated rings. The number of piperazine rings is 1. The summed E-state index contributed by atoms with van der Waals surface area (Å²) in [6.45, 7) is 10.3. The molecular weight excluding hydrogens is 352 g/mol. The van der Waals surface area contributed by atoms with Gasteiger partial charge < -0.3 is 19.5 Å². The molecule has 0 amide bonds. The first-order valence-corrected chi connectivity index (χ1v) is 9.52. The summed E-state index contributed by atoms with van der Waals surface area (Å²) in [5.41, 5.74) is 3.83. The Morgan fingerprint density at radius 1 is 0.893 bits per heavy atom. The van der Waals surface area contributed by atoms with Crippen LogP contribution >= 0.6 is 0 Å². The van der Waals surface area contributed by atoms with Gasteiger partial charge in [-0.1, -0.05) is 6.07 Å². The van der Waals surface area contributed by atoms with Crippen molar-refractivity contribution in [3.63, 3.8) is 0 Å². The second-order valence-corrected chi connectivity index (χ2v) is 6.90. The van der Waals surface area contributed by atoms with E-state index in [1.165, 1.54) is 0 Å². The number of hydrogen-bond acceptors (Lipinski definition) is 5. The molecule has 2 aromatic carbocycles. The number of carbonyl (C=O) groups excluding carboxylic acids is 1. The van der Waals surface area contributed by atoms with E-state index in [4.69, 9.17) is 4.98 Å². The number of ketones is 1. The topological polar surface area (TPSA) is 61.6 Å². The minimum Gasteiger partial charge on any atom is -0.508 e. The van der Waals surface area contributed by atoms with Gasteiger partial charge in [0.25, 0.3) is 0 Å². The summed E-state index contributed by atoms with van der Waals surface area (Å²) in [5, 5.41) is 9.46. The Morgan fingerprint density at radius 3 is 2.29 bits per heavy atom. The van der Waals surface area contributed by atoms with Gasteiger partial charge in [0, 0.05) is 50.4 Å². The molecule has 0 atom stereocenters. The summed E-state index contributed by atoms with van der Waals surface area (Å²) in [4.78, 5) is 21.7. The third kappa shape index (κ3) is 3.01. The fourth-order valence-corrected chi connectivity index (χ4v) is 4.03. The molecule has 5 rings (SSSR count). The van der Waals surface area contributed by atoms with Crippen molar-refractivity contribution in [2.75, 3.05) is 36.0 Å². The van der Waals surface area contributed by atoms with E-state index in [-0.39, 0.29) is 5.78 Å². The van der Waals surface area contributed by atoms with Crippen molar-refractivity contribution in [2.45, 2.75) is 13.0 Å². The Hall–Kier alpha value is -3.28. The summed E-state index contributed by atoms with van der Waals surface area (Å²) in [5.74, 6) is 1.48. The van der Waals surface area contributed by atoms with Gasteiger partial charge in [0.1, 0.15) is 5.75 Å². The molecule has 28 heavy (non-hydrogen) atoms. The number of para-hydroxylation sites is 1. The zero-order valence-corrected chi connectivity index (χ0v) is 15.8. The van der Waals surface area contributed by atoms with Gasteiger partial charge in [-0.2, -0.15) is 0 Å². The van der Waals surface area contributed by atoms with E-state index < -0.39 is 0 Å². The molecule has 6 nitrogen and oxygen atoms in total. The highest BCUT2D eigenvalue weighted by molar-refractivity contribution is 6.08. The SMILES string of the molecule is C=C.O=C1CCn2c(N3CCN(c4ccc(O)cc4)CC3)nc3cccc1c32.